The van der Waals surface area contributed by atoms with Crippen molar-refractivity contribution in [2.45, 2.75) is 135 Å². The van der Waals surface area contributed by atoms with Crippen LogP contribution in [0, 0.1) is 5.92 Å². The fourth-order valence-corrected chi connectivity index (χ4v) is 17.2. The molecule has 2 heteroatoms. The van der Waals surface area contributed by atoms with Crippen LogP contribution in [0.15, 0.2) is 261 Å². The molecule has 11 aromatic rings. The van der Waals surface area contributed by atoms with Gasteiger partial charge in [0.15, 0.2) is 0 Å². The van der Waals surface area contributed by atoms with E-state index in [4.69, 9.17) is 0 Å². The molecule has 0 spiro atoms. The van der Waals surface area contributed by atoms with E-state index in [-0.39, 0.29) is 32.5 Å². The first kappa shape index (κ1) is 62.8. The third kappa shape index (κ3) is 10.4. The van der Waals surface area contributed by atoms with Gasteiger partial charge in [-0.25, -0.2) is 0 Å². The number of hydrogen-bond acceptors (Lipinski definition) is 2. The van der Waals surface area contributed by atoms with Gasteiger partial charge in [-0.1, -0.05) is 309 Å². The lowest BCUT2D eigenvalue weighted by Gasteiger charge is -2.35. The van der Waals surface area contributed by atoms with Crippen molar-refractivity contribution in [3.8, 4) is 44.5 Å². The molecule has 0 fully saturated rings. The second-order valence-corrected chi connectivity index (χ2v) is 32.7. The summed E-state index contributed by atoms with van der Waals surface area (Å²) in [5.74, 6) is 0.729. The molecule has 11 aromatic carbocycles. The standard InChI is InChI=1S/C96H90N2/c1-91(2,3)67-37-41-69(42-38-67)97(71-45-51-79-75-19-15-17-21-83(75)93(7,8)87(79)57-71)73-47-53-81-77-49-31-63(55-85(77)95(11,12)89(81)59-73)25-23-61-27-33-65(34-28-61)66-35-29-62(30-36-66)24-26-64-32-50-78-82-54-48-74(60-90(82)96(13,14)86(78)56-64)98(70-43-39-68(40-44-70)92(4,5)6)72-46-52-80-76-20-16-18-22-84(76)94(9,10)88(80)58-72/h15-60,79,87H,1-14H3. The Kier molecular flexibility index (Phi) is 14.6. The largest absolute Gasteiger partial charge is 0.311 e. The number of fused-ring (bicyclic) bond motifs is 12. The molecule has 0 radical (unpaired) electrons. The summed E-state index contributed by atoms with van der Waals surface area (Å²) in [5.41, 5.74) is 35.6. The number of hydrogen-bond donors (Lipinski definition) is 0. The van der Waals surface area contributed by atoms with Crippen molar-refractivity contribution in [3.63, 3.8) is 0 Å². The molecular formula is C96H90N2. The first-order valence-electron chi connectivity index (χ1n) is 35.5. The molecule has 0 heterocycles. The highest BCUT2D eigenvalue weighted by Crippen LogP contribution is 2.57. The van der Waals surface area contributed by atoms with Crippen LogP contribution in [-0.4, -0.2) is 0 Å². The van der Waals surface area contributed by atoms with E-state index < -0.39 is 0 Å². The first-order chi connectivity index (χ1) is 46.8. The number of nitrogens with zero attached hydrogens (tertiary/aromatic N) is 2. The minimum Gasteiger partial charge on any atom is -0.311 e. The normalized spacial score (nSPS) is 17.6. The van der Waals surface area contributed by atoms with Crippen molar-refractivity contribution in [2.24, 2.45) is 5.92 Å². The van der Waals surface area contributed by atoms with Gasteiger partial charge in [0, 0.05) is 56.3 Å². The molecule has 2 atom stereocenters. The molecule has 98 heavy (non-hydrogen) atoms. The van der Waals surface area contributed by atoms with E-state index in [0.29, 0.717) is 11.8 Å². The third-order valence-corrected chi connectivity index (χ3v) is 23.1. The molecule has 0 aliphatic heterocycles. The van der Waals surface area contributed by atoms with Crippen LogP contribution in [0.3, 0.4) is 0 Å². The summed E-state index contributed by atoms with van der Waals surface area (Å²) in [5, 5.41) is 0. The Morgan fingerprint density at radius 2 is 0.663 bits per heavy atom. The number of anilines is 5. The molecule has 16 rings (SSSR count). The van der Waals surface area contributed by atoms with E-state index >= 15 is 0 Å². The van der Waals surface area contributed by atoms with Gasteiger partial charge in [0.1, 0.15) is 0 Å². The van der Waals surface area contributed by atoms with E-state index in [1.54, 1.807) is 0 Å². The van der Waals surface area contributed by atoms with Crippen LogP contribution < -0.4 is 9.80 Å². The maximum Gasteiger partial charge on any atom is 0.0465 e. The van der Waals surface area contributed by atoms with Crippen LogP contribution >= 0.6 is 0 Å². The topological polar surface area (TPSA) is 6.48 Å². The van der Waals surface area contributed by atoms with Crippen LogP contribution in [0.4, 0.5) is 28.4 Å². The summed E-state index contributed by atoms with van der Waals surface area (Å²) < 4.78 is 0. The summed E-state index contributed by atoms with van der Waals surface area (Å²) >= 11 is 0. The van der Waals surface area contributed by atoms with Crippen molar-refractivity contribution in [1.29, 1.82) is 0 Å². The number of rotatable bonds is 11. The fraction of sp³-hybridized carbons (Fsp3) is 0.229. The molecule has 2 nitrogen and oxygen atoms in total. The predicted molar refractivity (Wildman–Crippen MR) is 419 cm³/mol. The van der Waals surface area contributed by atoms with E-state index in [1.807, 2.05) is 0 Å². The smallest absolute Gasteiger partial charge is 0.0465 e. The zero-order valence-corrected chi connectivity index (χ0v) is 59.6. The van der Waals surface area contributed by atoms with Crippen molar-refractivity contribution >= 4 is 52.7 Å². The van der Waals surface area contributed by atoms with Gasteiger partial charge in [0.25, 0.3) is 0 Å². The average Bonchev–Trinajstić information content (AvgIpc) is 1.56. The maximum atomic E-state index is 2.57. The second kappa shape index (κ2) is 22.8. The highest BCUT2D eigenvalue weighted by Gasteiger charge is 2.46. The lowest BCUT2D eigenvalue weighted by atomic mass is 9.74. The van der Waals surface area contributed by atoms with E-state index in [0.717, 1.165) is 5.69 Å². The Bertz CT molecular complexity index is 5130. The van der Waals surface area contributed by atoms with Crippen molar-refractivity contribution < 1.29 is 0 Å². The molecule has 5 aliphatic carbocycles. The predicted octanol–water partition coefficient (Wildman–Crippen LogP) is 26.0. The Labute approximate surface area is 583 Å². The Hall–Kier alpha value is -10.0. The van der Waals surface area contributed by atoms with Crippen LogP contribution in [0.1, 0.15) is 181 Å². The van der Waals surface area contributed by atoms with Gasteiger partial charge in [-0.3, -0.25) is 0 Å². The van der Waals surface area contributed by atoms with Crippen LogP contribution in [-0.2, 0) is 32.5 Å². The van der Waals surface area contributed by atoms with Crippen molar-refractivity contribution in [1.82, 2.24) is 0 Å². The van der Waals surface area contributed by atoms with E-state index in [9.17, 15) is 0 Å². The summed E-state index contributed by atoms with van der Waals surface area (Å²) in [4.78, 5) is 4.98. The van der Waals surface area contributed by atoms with Crippen molar-refractivity contribution in [3.05, 3.63) is 338 Å². The Morgan fingerprint density at radius 1 is 0.316 bits per heavy atom. The fourth-order valence-electron chi connectivity index (χ4n) is 17.2. The third-order valence-electron chi connectivity index (χ3n) is 23.1. The van der Waals surface area contributed by atoms with Crippen LogP contribution in [0.5, 0.6) is 0 Å². The summed E-state index contributed by atoms with van der Waals surface area (Å²) in [6.07, 6.45) is 16.5. The molecule has 5 aliphatic rings. The van der Waals surface area contributed by atoms with Crippen molar-refractivity contribution in [2.75, 3.05) is 9.80 Å². The lowest BCUT2D eigenvalue weighted by molar-refractivity contribution is 0.392. The Morgan fingerprint density at radius 3 is 1.12 bits per heavy atom. The van der Waals surface area contributed by atoms with Gasteiger partial charge >= 0.3 is 0 Å². The van der Waals surface area contributed by atoms with E-state index in [1.165, 1.54) is 151 Å². The quantitative estimate of drug-likeness (QED) is 0.119. The van der Waals surface area contributed by atoms with Gasteiger partial charge in [-0.15, -0.1) is 0 Å². The Balaban J connectivity index is 0.606. The summed E-state index contributed by atoms with van der Waals surface area (Å²) in [6, 6.07) is 90.1. The molecule has 0 saturated carbocycles. The van der Waals surface area contributed by atoms with Gasteiger partial charge in [0.05, 0.1) is 0 Å². The van der Waals surface area contributed by atoms with Gasteiger partial charge in [0.2, 0.25) is 0 Å². The zero-order valence-electron chi connectivity index (χ0n) is 59.6. The first-order valence-corrected chi connectivity index (χ1v) is 35.5. The highest BCUT2D eigenvalue weighted by molar-refractivity contribution is 5.91. The molecular weight excluding hydrogens is 1180 g/mol. The second-order valence-electron chi connectivity index (χ2n) is 32.7. The van der Waals surface area contributed by atoms with E-state index in [2.05, 4.69) is 386 Å². The monoisotopic (exact) mass is 1270 g/mol. The zero-order chi connectivity index (χ0) is 68.0. The molecule has 0 aromatic heterocycles. The molecule has 0 bridgehead atoms. The number of benzene rings is 11. The van der Waals surface area contributed by atoms with Crippen LogP contribution in [0.2, 0.25) is 0 Å². The molecule has 0 N–H and O–H groups in total. The highest BCUT2D eigenvalue weighted by atomic mass is 15.2. The summed E-state index contributed by atoms with van der Waals surface area (Å²) in [7, 11) is 0. The van der Waals surface area contributed by atoms with Gasteiger partial charge in [-0.05, 0) is 211 Å². The molecule has 0 saturated heterocycles. The van der Waals surface area contributed by atoms with Gasteiger partial charge in [-0.2, -0.15) is 0 Å². The maximum absolute atomic E-state index is 2.57. The molecule has 2 unspecified atom stereocenters. The lowest BCUT2D eigenvalue weighted by Crippen LogP contribution is -2.28. The van der Waals surface area contributed by atoms with Crippen LogP contribution in [0.25, 0.3) is 68.8 Å². The van der Waals surface area contributed by atoms with Gasteiger partial charge < -0.3 is 9.80 Å². The molecule has 0 amide bonds. The minimum atomic E-state index is -0.206. The average molecular weight is 1270 g/mol. The minimum absolute atomic E-state index is 0.0151. The molecule has 484 valence electrons. The number of allylic oxidation sites excluding steroid dienone is 3. The SMILES string of the molecule is CC(C)(C)c1ccc(N(C2=CC3C(C=C2)c2ccccc2C3(C)C)c2ccc3c(c2)C(C)(C)c2cc(C=Cc4ccc(-c5ccc(C=Cc6ccc7c(c6)C(C)(C)c6cc(N(c8ccc(C(C)(C)C)cc8)c8ccc9c(c8)C(C)(C)c8ccccc8-9)ccc6-7)cc5)cc4)ccc2-3)cc1. The summed E-state index contributed by atoms with van der Waals surface area (Å²) in [6.45, 7) is 33.0.